The first kappa shape index (κ1) is 12.4. The van der Waals surface area contributed by atoms with E-state index >= 15 is 0 Å². The van der Waals surface area contributed by atoms with Gasteiger partial charge in [0.25, 0.3) is 0 Å². The van der Waals surface area contributed by atoms with Gasteiger partial charge in [0.2, 0.25) is 0 Å². The standard InChI is InChI=1S/C15H18OS2/c16-13(8-7-12-5-3-9-17-12)15-10-11-4-1-2-6-14(11)18-15/h3,5,9-10,13,16H,1-2,4,6-8H2. The van der Waals surface area contributed by atoms with Crippen molar-refractivity contribution in [2.45, 2.75) is 44.6 Å². The van der Waals surface area contributed by atoms with Crippen LogP contribution < -0.4 is 0 Å². The number of hydrogen-bond donors (Lipinski definition) is 1. The molecule has 0 aliphatic heterocycles. The van der Waals surface area contributed by atoms with E-state index in [1.165, 1.54) is 45.9 Å². The molecule has 1 N–H and O–H groups in total. The van der Waals surface area contributed by atoms with E-state index in [4.69, 9.17) is 0 Å². The van der Waals surface area contributed by atoms with Crippen molar-refractivity contribution in [3.63, 3.8) is 0 Å². The molecular formula is C15H18OS2. The molecule has 0 bridgehead atoms. The van der Waals surface area contributed by atoms with Gasteiger partial charge >= 0.3 is 0 Å². The largest absolute Gasteiger partial charge is 0.388 e. The Kier molecular flexibility index (Phi) is 3.83. The van der Waals surface area contributed by atoms with Crippen LogP contribution in [0.5, 0.6) is 0 Å². The molecule has 0 radical (unpaired) electrons. The number of aryl methyl sites for hydroxylation is 3. The number of fused-ring (bicyclic) bond motifs is 1. The molecule has 1 aliphatic rings. The van der Waals surface area contributed by atoms with Crippen molar-refractivity contribution in [1.82, 2.24) is 0 Å². The Morgan fingerprint density at radius 1 is 1.28 bits per heavy atom. The summed E-state index contributed by atoms with van der Waals surface area (Å²) in [6, 6.07) is 6.48. The molecule has 0 aromatic carbocycles. The van der Waals surface area contributed by atoms with Gasteiger partial charge < -0.3 is 5.11 Å². The number of aliphatic hydroxyl groups is 1. The summed E-state index contributed by atoms with van der Waals surface area (Å²) < 4.78 is 0. The van der Waals surface area contributed by atoms with Gasteiger partial charge in [-0.1, -0.05) is 6.07 Å². The predicted octanol–water partition coefficient (Wildman–Crippen LogP) is 4.35. The minimum absolute atomic E-state index is 0.275. The number of hydrogen-bond acceptors (Lipinski definition) is 3. The molecule has 3 heteroatoms. The normalized spacial score (nSPS) is 16.5. The maximum atomic E-state index is 10.3. The van der Waals surface area contributed by atoms with Gasteiger partial charge in [-0.05, 0) is 61.6 Å². The molecule has 0 fully saturated rings. The van der Waals surface area contributed by atoms with Crippen molar-refractivity contribution < 1.29 is 5.11 Å². The lowest BCUT2D eigenvalue weighted by Gasteiger charge is -2.08. The first-order chi connectivity index (χ1) is 8.83. The minimum atomic E-state index is -0.275. The topological polar surface area (TPSA) is 20.2 Å². The molecule has 3 rings (SSSR count). The lowest BCUT2D eigenvalue weighted by Crippen LogP contribution is -1.97. The van der Waals surface area contributed by atoms with Crippen molar-refractivity contribution in [2.75, 3.05) is 0 Å². The van der Waals surface area contributed by atoms with Crippen LogP contribution in [0.2, 0.25) is 0 Å². The van der Waals surface area contributed by atoms with Gasteiger partial charge in [0.15, 0.2) is 0 Å². The van der Waals surface area contributed by atoms with Gasteiger partial charge in [-0.25, -0.2) is 0 Å². The van der Waals surface area contributed by atoms with Crippen molar-refractivity contribution in [2.24, 2.45) is 0 Å². The second kappa shape index (κ2) is 5.55. The predicted molar refractivity (Wildman–Crippen MR) is 78.6 cm³/mol. The first-order valence-electron chi connectivity index (χ1n) is 6.65. The zero-order chi connectivity index (χ0) is 12.4. The highest BCUT2D eigenvalue weighted by atomic mass is 32.1. The quantitative estimate of drug-likeness (QED) is 0.881. The van der Waals surface area contributed by atoms with E-state index in [9.17, 15) is 5.11 Å². The Balaban J connectivity index is 1.64. The SMILES string of the molecule is OC(CCc1cccs1)c1cc2c(s1)CCCC2. The van der Waals surface area contributed by atoms with E-state index in [2.05, 4.69) is 23.6 Å². The van der Waals surface area contributed by atoms with E-state index in [0.29, 0.717) is 0 Å². The van der Waals surface area contributed by atoms with Gasteiger partial charge in [-0.3, -0.25) is 0 Å². The van der Waals surface area contributed by atoms with Crippen LogP contribution in [-0.2, 0) is 19.3 Å². The molecule has 96 valence electrons. The third kappa shape index (κ3) is 2.68. The fourth-order valence-electron chi connectivity index (χ4n) is 2.55. The Labute approximate surface area is 116 Å². The molecule has 0 spiro atoms. The Hall–Kier alpha value is -0.640. The van der Waals surface area contributed by atoms with Crippen molar-refractivity contribution in [1.29, 1.82) is 0 Å². The van der Waals surface area contributed by atoms with Crippen LogP contribution in [-0.4, -0.2) is 5.11 Å². The molecule has 1 unspecified atom stereocenters. The molecule has 2 aromatic heterocycles. The molecule has 0 saturated heterocycles. The minimum Gasteiger partial charge on any atom is -0.388 e. The molecule has 0 saturated carbocycles. The van der Waals surface area contributed by atoms with Crippen molar-refractivity contribution in [3.05, 3.63) is 43.8 Å². The van der Waals surface area contributed by atoms with Crippen LogP contribution in [0.4, 0.5) is 0 Å². The van der Waals surface area contributed by atoms with E-state index < -0.39 is 0 Å². The van der Waals surface area contributed by atoms with Crippen LogP contribution in [0.1, 0.15) is 45.6 Å². The summed E-state index contributed by atoms with van der Waals surface area (Å²) in [5.74, 6) is 0. The van der Waals surface area contributed by atoms with Gasteiger partial charge in [0.1, 0.15) is 0 Å². The average Bonchev–Trinajstić information content (AvgIpc) is 3.04. The Bertz CT molecular complexity index is 475. The summed E-state index contributed by atoms with van der Waals surface area (Å²) in [4.78, 5) is 4.07. The molecule has 1 aliphatic carbocycles. The van der Waals surface area contributed by atoms with E-state index in [0.717, 1.165) is 12.8 Å². The van der Waals surface area contributed by atoms with Crippen LogP contribution in [0, 0.1) is 0 Å². The van der Waals surface area contributed by atoms with Gasteiger partial charge in [-0.15, -0.1) is 22.7 Å². The molecule has 0 amide bonds. The molecule has 2 aromatic rings. The molecule has 1 nitrogen and oxygen atoms in total. The summed E-state index contributed by atoms with van der Waals surface area (Å²) in [6.07, 6.45) is 6.62. The monoisotopic (exact) mass is 278 g/mol. The average molecular weight is 278 g/mol. The fourth-order valence-corrected chi connectivity index (χ4v) is 4.56. The first-order valence-corrected chi connectivity index (χ1v) is 8.34. The van der Waals surface area contributed by atoms with Crippen molar-refractivity contribution in [3.8, 4) is 0 Å². The van der Waals surface area contributed by atoms with Gasteiger partial charge in [0.05, 0.1) is 6.10 Å². The number of rotatable bonds is 4. The summed E-state index contributed by atoms with van der Waals surface area (Å²) in [6.45, 7) is 0. The molecule has 2 heterocycles. The van der Waals surface area contributed by atoms with Crippen molar-refractivity contribution >= 4 is 22.7 Å². The third-order valence-corrected chi connectivity index (χ3v) is 5.86. The zero-order valence-electron chi connectivity index (χ0n) is 10.4. The lowest BCUT2D eigenvalue weighted by molar-refractivity contribution is 0.172. The molecule has 1 atom stereocenters. The highest BCUT2D eigenvalue weighted by Gasteiger charge is 2.17. The Morgan fingerprint density at radius 3 is 2.94 bits per heavy atom. The summed E-state index contributed by atoms with van der Waals surface area (Å²) >= 11 is 3.61. The highest BCUT2D eigenvalue weighted by Crippen LogP contribution is 2.34. The number of aliphatic hydroxyl groups excluding tert-OH is 1. The van der Waals surface area contributed by atoms with E-state index in [1.807, 2.05) is 11.3 Å². The second-order valence-corrected chi connectivity index (χ2v) is 7.14. The van der Waals surface area contributed by atoms with Crippen LogP contribution in [0.25, 0.3) is 0 Å². The van der Waals surface area contributed by atoms with Crippen LogP contribution in [0.3, 0.4) is 0 Å². The number of thiophene rings is 2. The zero-order valence-corrected chi connectivity index (χ0v) is 12.0. The fraction of sp³-hybridized carbons (Fsp3) is 0.467. The highest BCUT2D eigenvalue weighted by molar-refractivity contribution is 7.12. The summed E-state index contributed by atoms with van der Waals surface area (Å²) in [7, 11) is 0. The molecular weight excluding hydrogens is 260 g/mol. The summed E-state index contributed by atoms with van der Waals surface area (Å²) in [5.41, 5.74) is 1.50. The molecule has 18 heavy (non-hydrogen) atoms. The Morgan fingerprint density at radius 2 is 2.17 bits per heavy atom. The van der Waals surface area contributed by atoms with Crippen LogP contribution >= 0.6 is 22.7 Å². The van der Waals surface area contributed by atoms with E-state index in [-0.39, 0.29) is 6.10 Å². The van der Waals surface area contributed by atoms with Crippen LogP contribution in [0.15, 0.2) is 23.6 Å². The van der Waals surface area contributed by atoms with Gasteiger partial charge in [0, 0.05) is 14.6 Å². The van der Waals surface area contributed by atoms with Gasteiger partial charge in [-0.2, -0.15) is 0 Å². The summed E-state index contributed by atoms with van der Waals surface area (Å²) in [5, 5.41) is 12.4. The lowest BCUT2D eigenvalue weighted by atomic mass is 9.98. The van der Waals surface area contributed by atoms with E-state index in [1.54, 1.807) is 11.3 Å². The smallest absolute Gasteiger partial charge is 0.0885 e. The maximum absolute atomic E-state index is 10.3. The maximum Gasteiger partial charge on any atom is 0.0885 e. The second-order valence-electron chi connectivity index (χ2n) is 4.94. The third-order valence-electron chi connectivity index (χ3n) is 3.59.